The van der Waals surface area contributed by atoms with Gasteiger partial charge in [-0.05, 0) is 197 Å². The van der Waals surface area contributed by atoms with Crippen molar-refractivity contribution in [1.29, 1.82) is 5.53 Å². The Hall–Kier alpha value is -10.5. The molecule has 0 aliphatic heterocycles. The van der Waals surface area contributed by atoms with Gasteiger partial charge in [-0.2, -0.15) is 0 Å². The van der Waals surface area contributed by atoms with Crippen LogP contribution in [0.3, 0.4) is 0 Å². The number of nitrogens with two attached hydrogens (primary N) is 1. The molecule has 0 bridgehead atoms. The van der Waals surface area contributed by atoms with Crippen LogP contribution < -0.4 is 27.2 Å². The maximum atomic E-state index is 6.86. The number of allylic oxidation sites excluding steroid dienone is 4. The molecule has 83 heavy (non-hydrogen) atoms. The van der Waals surface area contributed by atoms with Crippen LogP contribution in [0.2, 0.25) is 0 Å². The molecular weight excluding hydrogens is 1020 g/mol. The molecule has 0 unspecified atom stereocenters. The van der Waals surface area contributed by atoms with Gasteiger partial charge in [0.1, 0.15) is 0 Å². The lowest BCUT2D eigenvalue weighted by Crippen LogP contribution is -2.05. The summed E-state index contributed by atoms with van der Waals surface area (Å²) in [5.41, 5.74) is 36.9. The number of aliphatic imine (C=N–C) groups is 2. The maximum absolute atomic E-state index is 6.86. The number of rotatable bonds is 14. The average molecular weight is 1090 g/mol. The molecule has 0 heterocycles. The second-order valence-electron chi connectivity index (χ2n) is 19.5. The number of para-hydroxylation sites is 1. The van der Waals surface area contributed by atoms with Crippen molar-refractivity contribution in [1.82, 2.24) is 0 Å². The molecule has 1 aliphatic rings. The van der Waals surface area contributed by atoms with Crippen molar-refractivity contribution < 1.29 is 0 Å². The highest BCUT2D eigenvalue weighted by atomic mass is 15.2. The second-order valence-corrected chi connectivity index (χ2v) is 19.5. The average Bonchev–Trinajstić information content (AvgIpc) is 3.56. The number of hydrogen-bond donors (Lipinski definition) is 6. The first-order valence-electron chi connectivity index (χ1n) is 27.5. The zero-order valence-corrected chi connectivity index (χ0v) is 47.6. The Morgan fingerprint density at radius 1 is 0.361 bits per heavy atom. The number of hydrazine groups is 1. The molecule has 414 valence electrons. The summed E-state index contributed by atoms with van der Waals surface area (Å²) in [4.78, 5) is 11.1. The number of benzene rings is 10. The molecular formula is C73H72N10. The van der Waals surface area contributed by atoms with Crippen molar-refractivity contribution in [2.75, 3.05) is 35.5 Å². The summed E-state index contributed by atoms with van der Waals surface area (Å²) in [5, 5.41) is 9.81. The molecule has 0 radical (unpaired) electrons. The molecule has 10 nitrogen and oxygen atoms in total. The standard InChI is InChI=1S/C28H28N2.C27H25N3.C12H10.C6H8N2.HN3/c1-21-3-5-22(6-4-21)19-24-9-15-27(16-10-24)30-28-17-11-25(12-18-28)20-23-7-13-26(29-2)14-8-23;1-20-3-9-24(10-4-20)29-26-15-17-27(18-16-26)30-25-13-7-22(8-14-25)19-21-5-11-23(28-2)12-6-21;1-3-7-11(8-4-1)12-9-5-2-6-10-12;7-8-6-4-2-1-3-5-6;1-3-2/h3-18,29-30H,19-20H2,1-2H3;3-18,28H,19H2,1-2H3;1-10H;1-5,8H,7H2;1H. The summed E-state index contributed by atoms with van der Waals surface area (Å²) >= 11 is 0. The van der Waals surface area contributed by atoms with Gasteiger partial charge in [0.15, 0.2) is 0 Å². The minimum Gasteiger partial charge on any atom is -0.388 e. The third-order valence-corrected chi connectivity index (χ3v) is 13.2. The van der Waals surface area contributed by atoms with Gasteiger partial charge in [-0.25, -0.2) is 9.98 Å². The molecule has 0 spiro atoms. The molecule has 10 aromatic rings. The summed E-state index contributed by atoms with van der Waals surface area (Å²) in [6.45, 7) is 4.20. The van der Waals surface area contributed by atoms with E-state index in [9.17, 15) is 0 Å². The van der Waals surface area contributed by atoms with Crippen molar-refractivity contribution in [2.24, 2.45) is 15.8 Å². The number of anilines is 5. The third-order valence-electron chi connectivity index (χ3n) is 13.2. The number of nitrogen functional groups attached to an aromatic ring is 1. The van der Waals surface area contributed by atoms with E-state index in [0.29, 0.717) is 0 Å². The topological polar surface area (TPSA) is 159 Å². The van der Waals surface area contributed by atoms with E-state index in [1.165, 1.54) is 55.6 Å². The fourth-order valence-corrected chi connectivity index (χ4v) is 8.57. The molecule has 0 amide bonds. The minimum absolute atomic E-state index is 0.916. The molecule has 0 saturated heterocycles. The van der Waals surface area contributed by atoms with Crippen LogP contribution in [0.5, 0.6) is 0 Å². The molecule has 0 aromatic heterocycles. The monoisotopic (exact) mass is 1090 g/mol. The molecule has 7 N–H and O–H groups in total. The number of hydrogen-bond acceptors (Lipinski definition) is 8. The van der Waals surface area contributed by atoms with E-state index >= 15 is 0 Å². The minimum atomic E-state index is 0.916. The van der Waals surface area contributed by atoms with Crippen molar-refractivity contribution in [2.45, 2.75) is 33.1 Å². The van der Waals surface area contributed by atoms with Crippen molar-refractivity contribution in [3.05, 3.63) is 340 Å². The fourth-order valence-electron chi connectivity index (χ4n) is 8.57. The SMILES string of the molecule is CNc1ccc(Cc2ccc(N=C3C=CC(=Nc4ccc(C)cc4)C=C3)cc2)cc1.CNc1ccc(Cc2ccc(Nc3ccc(Cc4ccc(C)cc4)cc3)cc2)cc1.NNc1ccccc1.[N-]=[N+]=N.c1ccc(-c2ccccc2)cc1. The lowest BCUT2D eigenvalue weighted by atomic mass is 10.0. The summed E-state index contributed by atoms with van der Waals surface area (Å²) in [6.07, 6.45) is 10.8. The van der Waals surface area contributed by atoms with Gasteiger partial charge in [0.25, 0.3) is 0 Å². The summed E-state index contributed by atoms with van der Waals surface area (Å²) in [5.74, 6) is 5.10. The van der Waals surface area contributed by atoms with E-state index in [4.69, 9.17) is 21.9 Å². The highest BCUT2D eigenvalue weighted by molar-refractivity contribution is 6.19. The number of nitrogens with zero attached hydrogens (tertiary/aromatic N) is 4. The predicted octanol–water partition coefficient (Wildman–Crippen LogP) is 18.8. The quantitative estimate of drug-likeness (QED) is 0.0159. The van der Waals surface area contributed by atoms with Crippen molar-refractivity contribution in [3.63, 3.8) is 0 Å². The van der Waals surface area contributed by atoms with Gasteiger partial charge in [0.2, 0.25) is 0 Å². The zero-order chi connectivity index (χ0) is 58.3. The highest BCUT2D eigenvalue weighted by Crippen LogP contribution is 2.23. The van der Waals surface area contributed by atoms with E-state index in [0.717, 1.165) is 70.5 Å². The van der Waals surface area contributed by atoms with Crippen molar-refractivity contribution in [3.8, 4) is 11.1 Å². The van der Waals surface area contributed by atoms with Crippen LogP contribution in [0.15, 0.2) is 295 Å². The van der Waals surface area contributed by atoms with E-state index in [1.807, 2.05) is 93.0 Å². The molecule has 10 aromatic carbocycles. The Kier molecular flexibility index (Phi) is 24.0. The first-order valence-corrected chi connectivity index (χ1v) is 27.5. The second kappa shape index (κ2) is 33.2. The van der Waals surface area contributed by atoms with Gasteiger partial charge in [-0.1, -0.05) is 187 Å². The van der Waals surface area contributed by atoms with Gasteiger partial charge in [0.05, 0.1) is 22.8 Å². The normalized spacial score (nSPS) is 10.8. The van der Waals surface area contributed by atoms with Crippen LogP contribution in [0.1, 0.15) is 44.5 Å². The van der Waals surface area contributed by atoms with Crippen LogP contribution >= 0.6 is 0 Å². The largest absolute Gasteiger partial charge is 0.388 e. The fraction of sp³-hybridized carbons (Fsp3) is 0.0959. The first-order chi connectivity index (χ1) is 40.7. The molecule has 0 fully saturated rings. The van der Waals surface area contributed by atoms with Crippen LogP contribution in [0.4, 0.5) is 39.8 Å². The zero-order valence-electron chi connectivity index (χ0n) is 47.6. The smallest absolute Gasteiger partial charge is 0.0638 e. The Morgan fingerprint density at radius 2 is 0.627 bits per heavy atom. The van der Waals surface area contributed by atoms with E-state index in [-0.39, 0.29) is 0 Å². The van der Waals surface area contributed by atoms with Crippen molar-refractivity contribution >= 4 is 51.2 Å². The lowest BCUT2D eigenvalue weighted by Gasteiger charge is -2.09. The van der Waals surface area contributed by atoms with Gasteiger partial charge in [-0.3, -0.25) is 5.84 Å². The maximum Gasteiger partial charge on any atom is 0.0638 e. The van der Waals surface area contributed by atoms with Gasteiger partial charge in [-0.15, -0.1) is 5.53 Å². The Labute approximate surface area is 490 Å². The number of nitrogens with one attached hydrogen (secondary N) is 5. The predicted molar refractivity (Wildman–Crippen MR) is 353 cm³/mol. The van der Waals surface area contributed by atoms with Gasteiger partial charge < -0.3 is 21.4 Å². The summed E-state index contributed by atoms with van der Waals surface area (Å²) < 4.78 is 0. The molecule has 11 rings (SSSR count). The molecule has 0 atom stereocenters. The summed E-state index contributed by atoms with van der Waals surface area (Å²) in [7, 11) is 3.88. The Bertz CT molecular complexity index is 3580. The molecule has 1 aliphatic carbocycles. The van der Waals surface area contributed by atoms with Gasteiger partial charge in [0, 0.05) is 42.5 Å². The van der Waals surface area contributed by atoms with Crippen LogP contribution in [-0.4, -0.2) is 25.5 Å². The first kappa shape index (κ1) is 60.1. The van der Waals surface area contributed by atoms with E-state index in [2.05, 4.69) is 246 Å². The summed E-state index contributed by atoms with van der Waals surface area (Å²) in [6, 6.07) is 90.3. The number of aryl methyl sites for hydroxylation is 2. The molecule has 0 saturated carbocycles. The van der Waals surface area contributed by atoms with Crippen LogP contribution in [0, 0.1) is 19.4 Å². The van der Waals surface area contributed by atoms with E-state index < -0.39 is 0 Å². The van der Waals surface area contributed by atoms with Crippen LogP contribution in [-0.2, 0) is 19.3 Å². The van der Waals surface area contributed by atoms with Crippen LogP contribution in [0.25, 0.3) is 21.6 Å². The van der Waals surface area contributed by atoms with E-state index in [1.54, 1.807) is 4.91 Å². The third kappa shape index (κ3) is 21.2. The van der Waals surface area contributed by atoms with Gasteiger partial charge >= 0.3 is 0 Å². The molecule has 10 heteroatoms. The Balaban J connectivity index is 0.000000174. The highest BCUT2D eigenvalue weighted by Gasteiger charge is 2.04. The Morgan fingerprint density at radius 3 is 0.928 bits per heavy atom. The lowest BCUT2D eigenvalue weighted by molar-refractivity contribution is 1.19.